The number of nitrogens with one attached hydrogen (secondary N) is 2. The van der Waals surface area contributed by atoms with Crippen molar-refractivity contribution in [2.24, 2.45) is 0 Å². The zero-order valence-electron chi connectivity index (χ0n) is 9.55. The van der Waals surface area contributed by atoms with Crippen molar-refractivity contribution in [3.63, 3.8) is 0 Å². The first kappa shape index (κ1) is 12.3. The number of nitrogens with zero attached hydrogens (tertiary/aromatic N) is 1. The summed E-state index contributed by atoms with van der Waals surface area (Å²) in [5, 5.41) is 25.8. The molecule has 18 heavy (non-hydrogen) atoms. The highest BCUT2D eigenvalue weighted by Gasteiger charge is 2.26. The largest absolute Gasteiger partial charge is 0.505 e. The molecule has 7 heteroatoms. The molecule has 3 N–H and O–H groups in total. The molecular weight excluding hydrogens is 238 g/mol. The monoisotopic (exact) mass is 251 g/mol. The molecule has 0 aromatic heterocycles. The van der Waals surface area contributed by atoms with Gasteiger partial charge in [-0.1, -0.05) is 6.07 Å². The number of amides is 1. The van der Waals surface area contributed by atoms with Crippen LogP contribution in [0.1, 0.15) is 12.8 Å². The summed E-state index contributed by atoms with van der Waals surface area (Å²) in [5.74, 6) is -0.673. The van der Waals surface area contributed by atoms with Crippen LogP contribution in [-0.2, 0) is 4.79 Å². The van der Waals surface area contributed by atoms with Crippen molar-refractivity contribution >= 4 is 17.3 Å². The van der Waals surface area contributed by atoms with Crippen LogP contribution in [0.4, 0.5) is 11.4 Å². The molecule has 2 rings (SSSR count). The smallest absolute Gasteiger partial charge is 0.296 e. The van der Waals surface area contributed by atoms with Crippen LogP contribution in [0.15, 0.2) is 18.2 Å². The highest BCUT2D eigenvalue weighted by atomic mass is 16.6. The Morgan fingerprint density at radius 1 is 1.56 bits per heavy atom. The fourth-order valence-corrected chi connectivity index (χ4v) is 1.93. The molecule has 7 nitrogen and oxygen atoms in total. The maximum absolute atomic E-state index is 11.8. The van der Waals surface area contributed by atoms with Crippen molar-refractivity contribution < 1.29 is 14.8 Å². The number of hydrogen-bond donors (Lipinski definition) is 3. The van der Waals surface area contributed by atoms with Crippen molar-refractivity contribution in [2.75, 3.05) is 11.9 Å². The number of carbonyl (C=O) groups excluding carboxylic acids is 1. The quantitative estimate of drug-likeness (QED) is 0.422. The topological polar surface area (TPSA) is 104 Å². The van der Waals surface area contributed by atoms with Crippen LogP contribution in [0.5, 0.6) is 5.75 Å². The molecule has 1 aliphatic heterocycles. The van der Waals surface area contributed by atoms with E-state index in [1.807, 2.05) is 0 Å². The summed E-state index contributed by atoms with van der Waals surface area (Å²) in [6.45, 7) is 0.751. The Balaban J connectivity index is 2.22. The lowest BCUT2D eigenvalue weighted by molar-refractivity contribution is -0.384. The molecule has 1 unspecified atom stereocenters. The number of rotatable bonds is 3. The van der Waals surface area contributed by atoms with Crippen molar-refractivity contribution in [3.8, 4) is 5.75 Å². The number of nitro benzene ring substituents is 1. The number of anilines is 1. The van der Waals surface area contributed by atoms with Gasteiger partial charge < -0.3 is 15.7 Å². The Labute approximate surface area is 103 Å². The predicted octanol–water partition coefficient (Wildman–Crippen LogP) is 0.991. The number of benzene rings is 1. The molecule has 0 spiro atoms. The summed E-state index contributed by atoms with van der Waals surface area (Å²) >= 11 is 0. The second kappa shape index (κ2) is 5.01. The Morgan fingerprint density at radius 3 is 2.94 bits per heavy atom. The van der Waals surface area contributed by atoms with E-state index in [0.717, 1.165) is 13.0 Å². The Hall–Kier alpha value is -2.15. The second-order valence-electron chi connectivity index (χ2n) is 4.07. The average molecular weight is 251 g/mol. The normalized spacial score (nSPS) is 18.6. The van der Waals surface area contributed by atoms with Crippen LogP contribution in [-0.4, -0.2) is 28.5 Å². The Kier molecular flexibility index (Phi) is 3.42. The third-order valence-corrected chi connectivity index (χ3v) is 2.84. The first-order chi connectivity index (χ1) is 8.59. The third kappa shape index (κ3) is 2.40. The average Bonchev–Trinajstić information content (AvgIpc) is 2.85. The van der Waals surface area contributed by atoms with Crippen LogP contribution in [0.3, 0.4) is 0 Å². The van der Waals surface area contributed by atoms with Gasteiger partial charge in [-0.2, -0.15) is 0 Å². The zero-order chi connectivity index (χ0) is 13.1. The van der Waals surface area contributed by atoms with E-state index in [4.69, 9.17) is 0 Å². The van der Waals surface area contributed by atoms with Gasteiger partial charge in [-0.15, -0.1) is 0 Å². The summed E-state index contributed by atoms with van der Waals surface area (Å²) < 4.78 is 0. The molecule has 1 amide bonds. The van der Waals surface area contributed by atoms with Crippen LogP contribution in [0.25, 0.3) is 0 Å². The Bertz CT molecular complexity index is 483. The molecule has 1 heterocycles. The van der Waals surface area contributed by atoms with Crippen LogP contribution in [0.2, 0.25) is 0 Å². The van der Waals surface area contributed by atoms with Gasteiger partial charge in [0.15, 0.2) is 5.69 Å². The van der Waals surface area contributed by atoms with E-state index in [-0.39, 0.29) is 29.1 Å². The number of nitro groups is 1. The molecule has 1 aromatic carbocycles. The number of phenolic OH excluding ortho intramolecular Hbond substituents is 1. The lowest BCUT2D eigenvalue weighted by atomic mass is 10.2. The minimum atomic E-state index is -0.641. The van der Waals surface area contributed by atoms with Gasteiger partial charge in [-0.05, 0) is 25.5 Å². The van der Waals surface area contributed by atoms with Gasteiger partial charge in [0.25, 0.3) is 5.69 Å². The second-order valence-corrected chi connectivity index (χ2v) is 4.07. The molecule has 1 aromatic rings. The third-order valence-electron chi connectivity index (χ3n) is 2.84. The van der Waals surface area contributed by atoms with Crippen molar-refractivity contribution in [1.82, 2.24) is 5.32 Å². The first-order valence-corrected chi connectivity index (χ1v) is 5.60. The molecule has 96 valence electrons. The predicted molar refractivity (Wildman–Crippen MR) is 64.4 cm³/mol. The molecule has 1 atom stereocenters. The van der Waals surface area contributed by atoms with Gasteiger partial charge in [0.1, 0.15) is 5.75 Å². The molecular formula is C11H13N3O4. The highest BCUT2D eigenvalue weighted by molar-refractivity contribution is 5.98. The van der Waals surface area contributed by atoms with Crippen LogP contribution >= 0.6 is 0 Å². The summed E-state index contributed by atoms with van der Waals surface area (Å²) in [4.78, 5) is 22.0. The number of phenols is 1. The number of aromatic hydroxyl groups is 1. The van der Waals surface area contributed by atoms with Crippen molar-refractivity contribution in [1.29, 1.82) is 0 Å². The van der Waals surface area contributed by atoms with Crippen molar-refractivity contribution in [2.45, 2.75) is 18.9 Å². The molecule has 1 saturated heterocycles. The fraction of sp³-hybridized carbons (Fsp3) is 0.364. The molecule has 1 aliphatic rings. The van der Waals surface area contributed by atoms with Gasteiger partial charge in [-0.25, -0.2) is 0 Å². The molecule has 0 bridgehead atoms. The van der Waals surface area contributed by atoms with Crippen LogP contribution in [0, 0.1) is 10.1 Å². The number of carbonyl (C=O) groups is 1. The van der Waals surface area contributed by atoms with Gasteiger partial charge in [-0.3, -0.25) is 14.9 Å². The van der Waals surface area contributed by atoms with Crippen LogP contribution < -0.4 is 10.6 Å². The summed E-state index contributed by atoms with van der Waals surface area (Å²) in [6.07, 6.45) is 1.58. The lowest BCUT2D eigenvalue weighted by Gasteiger charge is -2.12. The zero-order valence-corrected chi connectivity index (χ0v) is 9.55. The fourth-order valence-electron chi connectivity index (χ4n) is 1.93. The minimum Gasteiger partial charge on any atom is -0.505 e. The van der Waals surface area contributed by atoms with Gasteiger partial charge >= 0.3 is 0 Å². The number of para-hydroxylation sites is 1. The van der Waals surface area contributed by atoms with E-state index in [2.05, 4.69) is 10.6 Å². The first-order valence-electron chi connectivity index (χ1n) is 5.60. The lowest BCUT2D eigenvalue weighted by Crippen LogP contribution is -2.35. The standard InChI is InChI=1S/C11H13N3O4/c15-9-5-1-4-8(14(17)18)10(9)13-11(16)7-3-2-6-12-7/h1,4-5,7,12,15H,2-3,6H2,(H,13,16). The van der Waals surface area contributed by atoms with E-state index in [1.165, 1.54) is 18.2 Å². The molecule has 0 aliphatic carbocycles. The highest BCUT2D eigenvalue weighted by Crippen LogP contribution is 2.33. The van der Waals surface area contributed by atoms with Gasteiger partial charge in [0.2, 0.25) is 5.91 Å². The molecule has 1 fully saturated rings. The van der Waals surface area contributed by atoms with E-state index < -0.39 is 4.92 Å². The summed E-state index contributed by atoms with van der Waals surface area (Å²) in [5.41, 5.74) is -0.470. The van der Waals surface area contributed by atoms with Crippen molar-refractivity contribution in [3.05, 3.63) is 28.3 Å². The minimum absolute atomic E-state index is 0.152. The van der Waals surface area contributed by atoms with E-state index >= 15 is 0 Å². The molecule has 0 radical (unpaired) electrons. The van der Waals surface area contributed by atoms with E-state index in [9.17, 15) is 20.0 Å². The van der Waals surface area contributed by atoms with E-state index in [0.29, 0.717) is 6.42 Å². The molecule has 0 saturated carbocycles. The number of hydrogen-bond acceptors (Lipinski definition) is 5. The SMILES string of the molecule is O=C(Nc1c(O)cccc1[N+](=O)[O-])C1CCCN1. The maximum Gasteiger partial charge on any atom is 0.296 e. The van der Waals surface area contributed by atoms with Gasteiger partial charge in [0, 0.05) is 6.07 Å². The maximum atomic E-state index is 11.8. The van der Waals surface area contributed by atoms with E-state index in [1.54, 1.807) is 0 Å². The van der Waals surface area contributed by atoms with Gasteiger partial charge in [0.05, 0.1) is 11.0 Å². The Morgan fingerprint density at radius 2 is 2.33 bits per heavy atom. The summed E-state index contributed by atoms with van der Waals surface area (Å²) in [6, 6.07) is 3.53. The summed E-state index contributed by atoms with van der Waals surface area (Å²) in [7, 11) is 0.